The first-order chi connectivity index (χ1) is 16.2. The lowest BCUT2D eigenvalue weighted by Gasteiger charge is -2.32. The molecule has 0 radical (unpaired) electrons. The minimum atomic E-state index is -0.790. The van der Waals surface area contributed by atoms with E-state index in [2.05, 4.69) is 38.8 Å². The van der Waals surface area contributed by atoms with Gasteiger partial charge in [-0.05, 0) is 87.7 Å². The van der Waals surface area contributed by atoms with Crippen LogP contribution in [-0.2, 0) is 15.0 Å². The Balaban J connectivity index is 1.99. The Hall–Kier alpha value is -2.64. The molecule has 0 bridgehead atoms. The second kappa shape index (κ2) is 10.2. The van der Waals surface area contributed by atoms with E-state index >= 15 is 0 Å². The first-order valence-corrected chi connectivity index (χ1v) is 12.6. The van der Waals surface area contributed by atoms with Crippen LogP contribution in [0.4, 0.5) is 0 Å². The third-order valence-corrected chi connectivity index (χ3v) is 6.35. The van der Waals surface area contributed by atoms with E-state index in [1.807, 2.05) is 36.4 Å². The van der Waals surface area contributed by atoms with Crippen LogP contribution in [0.1, 0.15) is 51.3 Å². The summed E-state index contributed by atoms with van der Waals surface area (Å²) in [5, 5.41) is 9.83. The first-order valence-electron chi connectivity index (χ1n) is 11.0. The molecule has 3 aromatic carbocycles. The summed E-state index contributed by atoms with van der Waals surface area (Å²) in [7, 11) is 0. The number of hydrogen-bond donors (Lipinski definition) is 1. The maximum atomic E-state index is 12.2. The zero-order valence-corrected chi connectivity index (χ0v) is 23.4. The van der Waals surface area contributed by atoms with Crippen LogP contribution in [0, 0.1) is 0 Å². The Morgan fingerprint density at radius 1 is 0.600 bits per heavy atom. The predicted octanol–water partition coefficient (Wildman–Crippen LogP) is 6.90. The smallest absolute Gasteiger partial charge is 0.327 e. The fraction of sp³-hybridized carbons (Fsp3) is 0.286. The third-order valence-electron chi connectivity index (χ3n) is 5.70. The molecule has 7 heteroatoms. The number of benzene rings is 3. The van der Waals surface area contributed by atoms with Crippen LogP contribution >= 0.6 is 31.9 Å². The molecule has 0 heterocycles. The summed E-state index contributed by atoms with van der Waals surface area (Å²) in [6, 6.07) is 21.8. The molecule has 0 atom stereocenters. The van der Waals surface area contributed by atoms with Gasteiger partial charge in [-0.25, -0.2) is 0 Å². The van der Waals surface area contributed by atoms with Crippen molar-refractivity contribution in [3.8, 4) is 17.2 Å². The van der Waals surface area contributed by atoms with Crippen LogP contribution in [-0.4, -0.2) is 25.7 Å². The number of halogens is 2. The molecule has 184 valence electrons. The summed E-state index contributed by atoms with van der Waals surface area (Å²) in [6.07, 6.45) is 0. The molecule has 0 spiro atoms. The molecule has 0 aromatic heterocycles. The quantitative estimate of drug-likeness (QED) is 0.138. The van der Waals surface area contributed by atoms with Crippen molar-refractivity contribution in [1.29, 1.82) is 0 Å². The van der Waals surface area contributed by atoms with E-state index in [1.54, 1.807) is 64.1 Å². The van der Waals surface area contributed by atoms with Gasteiger partial charge in [-0.2, -0.15) is 0 Å². The van der Waals surface area contributed by atoms with Gasteiger partial charge in [0.25, 0.3) is 0 Å². The molecule has 0 aliphatic heterocycles. The molecule has 0 fully saturated rings. The Kier molecular flexibility index (Phi) is 7.82. The van der Waals surface area contributed by atoms with Gasteiger partial charge >= 0.3 is 11.9 Å². The predicted molar refractivity (Wildman–Crippen MR) is 144 cm³/mol. The van der Waals surface area contributed by atoms with Crippen molar-refractivity contribution in [2.45, 2.75) is 48.7 Å². The fourth-order valence-electron chi connectivity index (χ4n) is 3.46. The Morgan fingerprint density at radius 2 is 0.886 bits per heavy atom. The highest BCUT2D eigenvalue weighted by molar-refractivity contribution is 9.10. The van der Waals surface area contributed by atoms with Gasteiger partial charge in [-0.3, -0.25) is 9.59 Å². The van der Waals surface area contributed by atoms with E-state index in [-0.39, 0.29) is 17.7 Å². The second-order valence-corrected chi connectivity index (χ2v) is 13.4. The number of hydrogen-bond acceptors (Lipinski definition) is 5. The van der Waals surface area contributed by atoms with Crippen molar-refractivity contribution in [2.24, 2.45) is 0 Å². The van der Waals surface area contributed by atoms with E-state index in [1.165, 1.54) is 0 Å². The molecule has 0 saturated heterocycles. The third kappa shape index (κ3) is 6.33. The molecular formula is C28H28Br2O5. The molecule has 5 nitrogen and oxygen atoms in total. The first kappa shape index (κ1) is 27.0. The number of ether oxygens (including phenoxy) is 2. The molecule has 3 rings (SSSR count). The average molecular weight is 604 g/mol. The SMILES string of the molecule is CC(C)(Br)C(=O)Oc1ccc(C(C)(c2ccc(O)cc2)c2ccc(OC(=O)C(C)(C)Br)cc2)cc1. The van der Waals surface area contributed by atoms with Gasteiger partial charge in [0, 0.05) is 5.41 Å². The summed E-state index contributed by atoms with van der Waals surface area (Å²) in [5.41, 5.74) is 2.25. The minimum Gasteiger partial charge on any atom is -0.508 e. The van der Waals surface area contributed by atoms with Gasteiger partial charge in [-0.1, -0.05) is 68.3 Å². The van der Waals surface area contributed by atoms with Crippen LogP contribution < -0.4 is 9.47 Å². The molecular weight excluding hydrogens is 576 g/mol. The molecule has 0 saturated carbocycles. The number of phenols is 1. The molecule has 35 heavy (non-hydrogen) atoms. The lowest BCUT2D eigenvalue weighted by molar-refractivity contribution is -0.136. The zero-order chi connectivity index (χ0) is 26.0. The van der Waals surface area contributed by atoms with Crippen molar-refractivity contribution in [2.75, 3.05) is 0 Å². The van der Waals surface area contributed by atoms with Crippen LogP contribution in [0.2, 0.25) is 0 Å². The molecule has 0 amide bonds. The Labute approximate surface area is 222 Å². The summed E-state index contributed by atoms with van der Waals surface area (Å²) in [4.78, 5) is 24.5. The number of alkyl halides is 2. The lowest BCUT2D eigenvalue weighted by atomic mass is 9.71. The monoisotopic (exact) mass is 602 g/mol. The molecule has 3 aromatic rings. The zero-order valence-electron chi connectivity index (χ0n) is 20.3. The van der Waals surface area contributed by atoms with Crippen molar-refractivity contribution >= 4 is 43.8 Å². The molecule has 0 aliphatic carbocycles. The van der Waals surface area contributed by atoms with Crippen molar-refractivity contribution in [1.82, 2.24) is 0 Å². The minimum absolute atomic E-state index is 0.176. The van der Waals surface area contributed by atoms with E-state index < -0.39 is 14.1 Å². The Morgan fingerprint density at radius 3 is 1.17 bits per heavy atom. The highest BCUT2D eigenvalue weighted by Crippen LogP contribution is 2.40. The molecule has 0 aliphatic rings. The highest BCUT2D eigenvalue weighted by Gasteiger charge is 2.32. The number of carbonyl (C=O) groups excluding carboxylic acids is 2. The van der Waals surface area contributed by atoms with E-state index in [0.29, 0.717) is 11.5 Å². The maximum Gasteiger partial charge on any atom is 0.327 e. The number of carbonyl (C=O) groups is 2. The van der Waals surface area contributed by atoms with Crippen LogP contribution in [0.15, 0.2) is 72.8 Å². The lowest BCUT2D eigenvalue weighted by Crippen LogP contribution is -2.29. The second-order valence-electron chi connectivity index (χ2n) is 9.44. The highest BCUT2D eigenvalue weighted by atomic mass is 79.9. The fourth-order valence-corrected chi connectivity index (χ4v) is 3.63. The number of rotatable bonds is 7. The van der Waals surface area contributed by atoms with Crippen molar-refractivity contribution < 1.29 is 24.2 Å². The number of esters is 2. The maximum absolute atomic E-state index is 12.2. The molecule has 0 unspecified atom stereocenters. The summed E-state index contributed by atoms with van der Waals surface area (Å²) in [6.45, 7) is 8.98. The van der Waals surface area contributed by atoms with Crippen molar-refractivity contribution in [3.63, 3.8) is 0 Å². The standard InChI is InChI=1S/C28H28Br2O5/c1-26(2,29)24(32)34-22-14-8-19(9-15-22)28(5,18-6-12-21(31)13-7-18)20-10-16-23(17-11-20)35-25(33)27(3,4)30/h6-17,31H,1-5H3. The summed E-state index contributed by atoms with van der Waals surface area (Å²) < 4.78 is 9.38. The Bertz CT molecular complexity index is 1120. The van der Waals surface area contributed by atoms with Crippen LogP contribution in [0.3, 0.4) is 0 Å². The summed E-state index contributed by atoms with van der Waals surface area (Å²) >= 11 is 6.63. The number of phenolic OH excluding ortho intramolecular Hbond substituents is 1. The van der Waals surface area contributed by atoms with Gasteiger partial charge in [0.1, 0.15) is 25.9 Å². The van der Waals surface area contributed by atoms with Gasteiger partial charge in [0.15, 0.2) is 0 Å². The normalized spacial score (nSPS) is 12.2. The largest absolute Gasteiger partial charge is 0.508 e. The molecule has 1 N–H and O–H groups in total. The van der Waals surface area contributed by atoms with Gasteiger partial charge in [-0.15, -0.1) is 0 Å². The van der Waals surface area contributed by atoms with E-state index in [0.717, 1.165) is 16.7 Å². The van der Waals surface area contributed by atoms with Gasteiger partial charge < -0.3 is 14.6 Å². The van der Waals surface area contributed by atoms with Crippen LogP contribution in [0.5, 0.6) is 17.2 Å². The topological polar surface area (TPSA) is 72.8 Å². The summed E-state index contributed by atoms with van der Waals surface area (Å²) in [5.74, 6) is 0.292. The van der Waals surface area contributed by atoms with Crippen molar-refractivity contribution in [3.05, 3.63) is 89.5 Å². The number of aromatic hydroxyl groups is 1. The van der Waals surface area contributed by atoms with Crippen LogP contribution in [0.25, 0.3) is 0 Å². The van der Waals surface area contributed by atoms with Gasteiger partial charge in [0.2, 0.25) is 0 Å². The van der Waals surface area contributed by atoms with E-state index in [9.17, 15) is 14.7 Å². The van der Waals surface area contributed by atoms with Gasteiger partial charge in [0.05, 0.1) is 0 Å². The average Bonchev–Trinajstić information content (AvgIpc) is 2.78. The van der Waals surface area contributed by atoms with E-state index in [4.69, 9.17) is 9.47 Å².